The maximum absolute atomic E-state index is 13.0. The number of aromatic nitrogens is 2. The van der Waals surface area contributed by atoms with Gasteiger partial charge in [-0.25, -0.2) is 4.90 Å². The Labute approximate surface area is 161 Å². The molecular weight excluding hydrogens is 368 g/mol. The van der Waals surface area contributed by atoms with E-state index in [0.29, 0.717) is 24.0 Å². The van der Waals surface area contributed by atoms with Crippen molar-refractivity contribution in [2.45, 2.75) is 38.3 Å². The molecule has 28 heavy (non-hydrogen) atoms. The number of aromatic amines is 1. The SMILES string of the molecule is Cc1cc(C2(CCCc3cnc[nH+]c3)[NH+]=C(N)N(C)C2=O)ccc1OC(F)F. The summed E-state index contributed by atoms with van der Waals surface area (Å²) in [7, 11) is 1.60. The molecule has 1 atom stereocenters. The fraction of sp³-hybridized carbons (Fsp3) is 0.368. The summed E-state index contributed by atoms with van der Waals surface area (Å²) in [6.07, 6.45) is 7.09. The molecule has 0 aliphatic carbocycles. The van der Waals surface area contributed by atoms with Crippen LogP contribution >= 0.6 is 0 Å². The quantitative estimate of drug-likeness (QED) is 0.688. The predicted octanol–water partition coefficient (Wildman–Crippen LogP) is -0.109. The highest BCUT2D eigenvalue weighted by atomic mass is 19.3. The van der Waals surface area contributed by atoms with Crippen molar-refractivity contribution in [3.63, 3.8) is 0 Å². The van der Waals surface area contributed by atoms with Crippen LogP contribution in [0.2, 0.25) is 0 Å². The number of guanidine groups is 1. The van der Waals surface area contributed by atoms with Crippen molar-refractivity contribution in [3.8, 4) is 5.75 Å². The van der Waals surface area contributed by atoms with Crippen LogP contribution in [0.1, 0.15) is 29.5 Å². The van der Waals surface area contributed by atoms with Gasteiger partial charge in [-0.3, -0.25) is 20.5 Å². The van der Waals surface area contributed by atoms with Crippen molar-refractivity contribution < 1.29 is 28.3 Å². The average molecular weight is 391 g/mol. The van der Waals surface area contributed by atoms with Gasteiger partial charge in [0, 0.05) is 11.1 Å². The molecule has 148 valence electrons. The molecule has 0 spiro atoms. The standard InChI is InChI=1S/C19H21F2N5O2/c1-12-8-14(5-6-15(12)28-17(20)21)19(16(27)26(2)18(22)25-19)7-3-4-13-9-23-11-24-10-13/h5-6,8-11,17H,3-4,7H2,1-2H3,(H2,22,25)/p+2. The number of nitrogens with zero attached hydrogens (tertiary/aromatic N) is 2. The summed E-state index contributed by atoms with van der Waals surface area (Å²) in [4.78, 5) is 24.5. The smallest absolute Gasteiger partial charge is 0.387 e. The highest BCUT2D eigenvalue weighted by Gasteiger charge is 2.51. The van der Waals surface area contributed by atoms with Crippen molar-refractivity contribution in [1.82, 2.24) is 9.88 Å². The monoisotopic (exact) mass is 391 g/mol. The molecule has 0 fully saturated rings. The molecule has 0 radical (unpaired) electrons. The van der Waals surface area contributed by atoms with Gasteiger partial charge in [0.05, 0.1) is 13.2 Å². The van der Waals surface area contributed by atoms with E-state index in [1.165, 1.54) is 11.0 Å². The Hall–Kier alpha value is -3.10. The maximum Gasteiger partial charge on any atom is 0.387 e. The lowest BCUT2D eigenvalue weighted by Gasteiger charge is -2.24. The number of hydrogen-bond acceptors (Lipinski definition) is 4. The van der Waals surface area contributed by atoms with Gasteiger partial charge in [0.15, 0.2) is 0 Å². The first-order valence-electron chi connectivity index (χ1n) is 8.88. The summed E-state index contributed by atoms with van der Waals surface area (Å²) in [5.74, 6) is 0.144. The van der Waals surface area contributed by atoms with E-state index in [2.05, 4.69) is 19.7 Å². The molecule has 2 heterocycles. The number of nitrogens with two attached hydrogens (primary N) is 1. The fourth-order valence-electron chi connectivity index (χ4n) is 3.46. The Morgan fingerprint density at radius 2 is 2.18 bits per heavy atom. The molecule has 0 saturated heterocycles. The first-order chi connectivity index (χ1) is 13.3. The van der Waals surface area contributed by atoms with Gasteiger partial charge in [-0.05, 0) is 43.9 Å². The van der Waals surface area contributed by atoms with E-state index in [-0.39, 0.29) is 17.6 Å². The molecule has 1 unspecified atom stereocenters. The van der Waals surface area contributed by atoms with E-state index < -0.39 is 12.2 Å². The molecule has 1 amide bonds. The summed E-state index contributed by atoms with van der Waals surface area (Å²) >= 11 is 0. The van der Waals surface area contributed by atoms with Gasteiger partial charge >= 0.3 is 18.5 Å². The summed E-state index contributed by atoms with van der Waals surface area (Å²) in [5.41, 5.74) is 7.10. The largest absolute Gasteiger partial charge is 0.435 e. The molecular formula is C19H23F2N5O2+2. The van der Waals surface area contributed by atoms with Crippen molar-refractivity contribution in [3.05, 3.63) is 53.6 Å². The molecule has 9 heteroatoms. The van der Waals surface area contributed by atoms with Crippen LogP contribution in [0.4, 0.5) is 8.78 Å². The van der Waals surface area contributed by atoms with E-state index in [0.717, 1.165) is 12.0 Å². The van der Waals surface area contributed by atoms with Gasteiger partial charge in [0.2, 0.25) is 5.54 Å². The minimum atomic E-state index is -2.91. The first kappa shape index (κ1) is 19.7. The first-order valence-corrected chi connectivity index (χ1v) is 8.88. The highest BCUT2D eigenvalue weighted by Crippen LogP contribution is 2.31. The zero-order valence-electron chi connectivity index (χ0n) is 15.7. The third-order valence-corrected chi connectivity index (χ3v) is 4.93. The lowest BCUT2D eigenvalue weighted by Crippen LogP contribution is -2.85. The molecule has 4 N–H and O–H groups in total. The van der Waals surface area contributed by atoms with Gasteiger partial charge < -0.3 is 4.74 Å². The Bertz CT molecular complexity index is 891. The van der Waals surface area contributed by atoms with Gasteiger partial charge in [0.1, 0.15) is 11.9 Å². The Morgan fingerprint density at radius 3 is 2.75 bits per heavy atom. The number of rotatable bonds is 7. The maximum atomic E-state index is 13.0. The number of alkyl halides is 2. The molecule has 0 saturated carbocycles. The van der Waals surface area contributed by atoms with Crippen LogP contribution < -0.4 is 20.4 Å². The van der Waals surface area contributed by atoms with Gasteiger partial charge in [0.25, 0.3) is 6.33 Å². The summed E-state index contributed by atoms with van der Waals surface area (Å²) in [6.45, 7) is -1.24. The number of hydrogen-bond donors (Lipinski definition) is 2. The van der Waals surface area contributed by atoms with E-state index in [1.807, 2.05) is 6.20 Å². The normalized spacial score (nSPS) is 19.2. The van der Waals surface area contributed by atoms with E-state index in [4.69, 9.17) is 5.73 Å². The number of aryl methyl sites for hydroxylation is 2. The summed E-state index contributed by atoms with van der Waals surface area (Å²) in [5, 5.41) is 0. The Morgan fingerprint density at radius 1 is 1.39 bits per heavy atom. The Kier molecular flexibility index (Phi) is 5.53. The number of halogens is 2. The molecule has 2 aromatic rings. The number of likely N-dealkylation sites (N-methyl/N-ethyl adjacent to an activating group) is 1. The summed E-state index contributed by atoms with van der Waals surface area (Å²) < 4.78 is 29.6. The van der Waals surface area contributed by atoms with Crippen LogP contribution in [0.15, 0.2) is 36.9 Å². The van der Waals surface area contributed by atoms with E-state index in [9.17, 15) is 13.6 Å². The lowest BCUT2D eigenvalue weighted by molar-refractivity contribution is -0.540. The van der Waals surface area contributed by atoms with Gasteiger partial charge in [-0.1, -0.05) is 11.1 Å². The third kappa shape index (κ3) is 3.78. The number of ether oxygens (including phenoxy) is 1. The minimum absolute atomic E-state index is 0.0792. The zero-order chi connectivity index (χ0) is 20.3. The molecule has 7 nitrogen and oxygen atoms in total. The van der Waals surface area contributed by atoms with Crippen LogP contribution in [0.5, 0.6) is 5.75 Å². The molecule has 3 rings (SSSR count). The Balaban J connectivity index is 1.89. The van der Waals surface area contributed by atoms with E-state index in [1.54, 1.807) is 38.6 Å². The minimum Gasteiger partial charge on any atom is -0.435 e. The molecule has 1 aliphatic heterocycles. The second kappa shape index (κ2) is 7.87. The van der Waals surface area contributed by atoms with Crippen LogP contribution in [-0.4, -0.2) is 35.4 Å². The van der Waals surface area contributed by atoms with Crippen molar-refractivity contribution in [1.29, 1.82) is 0 Å². The lowest BCUT2D eigenvalue weighted by atomic mass is 9.83. The summed E-state index contributed by atoms with van der Waals surface area (Å²) in [6, 6.07) is 4.77. The third-order valence-electron chi connectivity index (χ3n) is 4.93. The van der Waals surface area contributed by atoms with Crippen LogP contribution in [0, 0.1) is 6.92 Å². The second-order valence-electron chi connectivity index (χ2n) is 6.79. The zero-order valence-corrected chi connectivity index (χ0v) is 15.7. The topological polar surface area (TPSA) is 96.6 Å². The molecule has 1 aromatic heterocycles. The van der Waals surface area contributed by atoms with Crippen molar-refractivity contribution >= 4 is 11.9 Å². The van der Waals surface area contributed by atoms with E-state index >= 15 is 0 Å². The number of amides is 1. The molecule has 1 aromatic carbocycles. The number of carbonyl (C=O) groups is 1. The average Bonchev–Trinajstić information content (AvgIpc) is 2.88. The molecule has 0 bridgehead atoms. The predicted molar refractivity (Wildman–Crippen MR) is 96.1 cm³/mol. The highest BCUT2D eigenvalue weighted by molar-refractivity contribution is 6.01. The number of carbonyl (C=O) groups excluding carboxylic acids is 1. The van der Waals surface area contributed by atoms with Crippen molar-refractivity contribution in [2.24, 2.45) is 5.73 Å². The fourth-order valence-corrected chi connectivity index (χ4v) is 3.46. The number of nitrogens with one attached hydrogen (secondary N) is 2. The van der Waals surface area contributed by atoms with Crippen LogP contribution in [0.3, 0.4) is 0 Å². The van der Waals surface area contributed by atoms with Gasteiger partial charge in [-0.15, -0.1) is 0 Å². The molecule has 1 aliphatic rings. The van der Waals surface area contributed by atoms with Crippen LogP contribution in [0.25, 0.3) is 0 Å². The number of H-pyrrole nitrogens is 1. The second-order valence-corrected chi connectivity index (χ2v) is 6.79. The van der Waals surface area contributed by atoms with Crippen molar-refractivity contribution in [2.75, 3.05) is 7.05 Å². The van der Waals surface area contributed by atoms with Crippen LogP contribution in [-0.2, 0) is 16.8 Å². The van der Waals surface area contributed by atoms with Gasteiger partial charge in [-0.2, -0.15) is 8.78 Å². The number of benzene rings is 1.